The molecule has 1 N–H and O–H groups in total. The van der Waals surface area contributed by atoms with Crippen LogP contribution in [0, 0.1) is 0 Å². The maximum Gasteiger partial charge on any atom is 0.303 e. The fourth-order valence-corrected chi connectivity index (χ4v) is 1.41. The summed E-state index contributed by atoms with van der Waals surface area (Å²) in [7, 11) is 0. The minimum Gasteiger partial charge on any atom is -0.481 e. The Morgan fingerprint density at radius 3 is 2.86 bits per heavy atom. The summed E-state index contributed by atoms with van der Waals surface area (Å²) in [5, 5.41) is 8.58. The number of aromatic nitrogens is 1. The van der Waals surface area contributed by atoms with Crippen molar-refractivity contribution in [2.75, 3.05) is 0 Å². The number of aryl methyl sites for hydroxylation is 1. The second-order valence-corrected chi connectivity index (χ2v) is 3.59. The molecule has 1 heterocycles. The van der Waals surface area contributed by atoms with Gasteiger partial charge in [0.2, 0.25) is 0 Å². The lowest BCUT2D eigenvalue weighted by Crippen LogP contribution is -2.03. The predicted molar refractivity (Wildman–Crippen MR) is 54.3 cm³/mol. The zero-order valence-electron chi connectivity index (χ0n) is 8.53. The van der Waals surface area contributed by atoms with Crippen LogP contribution in [0.2, 0.25) is 0 Å². The lowest BCUT2D eigenvalue weighted by Gasteiger charge is -2.09. The number of carboxylic acids is 1. The number of hydrogen-bond donors (Lipinski definition) is 1. The molecule has 1 rings (SSSR count). The monoisotopic (exact) mass is 193 g/mol. The first kappa shape index (κ1) is 10.7. The average Bonchev–Trinajstić information content (AvgIpc) is 2.15. The minimum atomic E-state index is -0.773. The van der Waals surface area contributed by atoms with Crippen LogP contribution in [0.4, 0.5) is 0 Å². The van der Waals surface area contributed by atoms with Gasteiger partial charge in [-0.05, 0) is 17.5 Å². The zero-order valence-corrected chi connectivity index (χ0v) is 8.53. The van der Waals surface area contributed by atoms with E-state index in [0.717, 1.165) is 11.3 Å². The molecule has 0 aromatic carbocycles. The maximum absolute atomic E-state index is 10.4. The van der Waals surface area contributed by atoms with Gasteiger partial charge in [-0.25, -0.2) is 0 Å². The van der Waals surface area contributed by atoms with Crippen LogP contribution < -0.4 is 0 Å². The van der Waals surface area contributed by atoms with Crippen LogP contribution in [0.3, 0.4) is 0 Å². The fraction of sp³-hybridized carbons (Fsp3) is 0.455. The normalized spacial score (nSPS) is 10.5. The van der Waals surface area contributed by atoms with E-state index < -0.39 is 5.97 Å². The molecular weight excluding hydrogens is 178 g/mol. The molecule has 1 aromatic rings. The van der Waals surface area contributed by atoms with E-state index in [2.05, 4.69) is 18.8 Å². The lowest BCUT2D eigenvalue weighted by atomic mass is 9.99. The van der Waals surface area contributed by atoms with Crippen molar-refractivity contribution in [3.8, 4) is 0 Å². The highest BCUT2D eigenvalue weighted by atomic mass is 16.4. The largest absolute Gasteiger partial charge is 0.481 e. The molecular formula is C11H15NO2. The van der Waals surface area contributed by atoms with Crippen LogP contribution in [0.15, 0.2) is 18.3 Å². The van der Waals surface area contributed by atoms with Crippen molar-refractivity contribution in [1.82, 2.24) is 4.98 Å². The number of carboxylic acid groups (broad SMARTS) is 1. The summed E-state index contributed by atoms with van der Waals surface area (Å²) < 4.78 is 0. The summed E-state index contributed by atoms with van der Waals surface area (Å²) in [5.41, 5.74) is 2.05. The molecule has 0 amide bonds. The summed E-state index contributed by atoms with van der Waals surface area (Å²) >= 11 is 0. The first-order chi connectivity index (χ1) is 6.61. The molecule has 0 spiro atoms. The molecule has 0 bridgehead atoms. The van der Waals surface area contributed by atoms with E-state index in [1.54, 1.807) is 6.20 Å². The molecule has 0 atom stereocenters. The van der Waals surface area contributed by atoms with E-state index in [0.29, 0.717) is 12.3 Å². The third kappa shape index (κ3) is 2.83. The van der Waals surface area contributed by atoms with E-state index in [4.69, 9.17) is 5.11 Å². The summed E-state index contributed by atoms with van der Waals surface area (Å²) in [6.07, 6.45) is 2.38. The molecule has 0 aliphatic rings. The van der Waals surface area contributed by atoms with Crippen LogP contribution in [-0.4, -0.2) is 16.1 Å². The number of nitrogens with zero attached hydrogens (tertiary/aromatic N) is 1. The van der Waals surface area contributed by atoms with Crippen LogP contribution in [0.5, 0.6) is 0 Å². The van der Waals surface area contributed by atoms with Crippen LogP contribution >= 0.6 is 0 Å². The van der Waals surface area contributed by atoms with Crippen LogP contribution in [0.25, 0.3) is 0 Å². The van der Waals surface area contributed by atoms with Gasteiger partial charge in [0, 0.05) is 18.3 Å². The Morgan fingerprint density at radius 1 is 1.57 bits per heavy atom. The van der Waals surface area contributed by atoms with Gasteiger partial charge in [-0.15, -0.1) is 0 Å². The standard InChI is InChI=1S/C11H15NO2/c1-8(2)9-4-3-7-12-10(9)5-6-11(13)14/h3-4,7-8H,5-6H2,1-2H3,(H,13,14). The van der Waals surface area contributed by atoms with Crippen molar-refractivity contribution in [2.45, 2.75) is 32.6 Å². The van der Waals surface area contributed by atoms with Crippen molar-refractivity contribution in [2.24, 2.45) is 0 Å². The molecule has 14 heavy (non-hydrogen) atoms. The molecule has 0 aliphatic carbocycles. The Kier molecular flexibility index (Phi) is 3.63. The van der Waals surface area contributed by atoms with Crippen molar-refractivity contribution in [1.29, 1.82) is 0 Å². The van der Waals surface area contributed by atoms with E-state index >= 15 is 0 Å². The van der Waals surface area contributed by atoms with Gasteiger partial charge in [0.15, 0.2) is 0 Å². The smallest absolute Gasteiger partial charge is 0.303 e. The molecule has 76 valence electrons. The molecule has 0 fully saturated rings. The van der Waals surface area contributed by atoms with Crippen molar-refractivity contribution in [3.05, 3.63) is 29.6 Å². The van der Waals surface area contributed by atoms with Gasteiger partial charge in [0.25, 0.3) is 0 Å². The van der Waals surface area contributed by atoms with Gasteiger partial charge < -0.3 is 5.11 Å². The molecule has 1 aromatic heterocycles. The topological polar surface area (TPSA) is 50.2 Å². The molecule has 0 saturated carbocycles. The highest BCUT2D eigenvalue weighted by Gasteiger charge is 2.08. The quantitative estimate of drug-likeness (QED) is 0.797. The highest BCUT2D eigenvalue weighted by molar-refractivity contribution is 5.67. The highest BCUT2D eigenvalue weighted by Crippen LogP contribution is 2.18. The number of hydrogen-bond acceptors (Lipinski definition) is 2. The van der Waals surface area contributed by atoms with Crippen molar-refractivity contribution >= 4 is 5.97 Å². The van der Waals surface area contributed by atoms with E-state index in [1.165, 1.54) is 0 Å². The van der Waals surface area contributed by atoms with Gasteiger partial charge in [-0.2, -0.15) is 0 Å². The third-order valence-electron chi connectivity index (χ3n) is 2.12. The second kappa shape index (κ2) is 4.74. The van der Waals surface area contributed by atoms with Gasteiger partial charge in [0.05, 0.1) is 6.42 Å². The molecule has 0 aliphatic heterocycles. The number of pyridine rings is 1. The summed E-state index contributed by atoms with van der Waals surface area (Å²) in [6, 6.07) is 3.90. The summed E-state index contributed by atoms with van der Waals surface area (Å²) in [5.74, 6) is -0.377. The molecule has 0 unspecified atom stereocenters. The molecule has 3 heteroatoms. The van der Waals surface area contributed by atoms with E-state index in [-0.39, 0.29) is 6.42 Å². The molecule has 0 saturated heterocycles. The van der Waals surface area contributed by atoms with Crippen LogP contribution in [-0.2, 0) is 11.2 Å². The maximum atomic E-state index is 10.4. The zero-order chi connectivity index (χ0) is 10.6. The fourth-order valence-electron chi connectivity index (χ4n) is 1.41. The third-order valence-corrected chi connectivity index (χ3v) is 2.12. The first-order valence-corrected chi connectivity index (χ1v) is 4.77. The Labute approximate surface area is 83.8 Å². The van der Waals surface area contributed by atoms with Crippen molar-refractivity contribution in [3.63, 3.8) is 0 Å². The van der Waals surface area contributed by atoms with Gasteiger partial charge in [-0.3, -0.25) is 9.78 Å². The number of carbonyl (C=O) groups is 1. The lowest BCUT2D eigenvalue weighted by molar-refractivity contribution is -0.136. The van der Waals surface area contributed by atoms with Gasteiger partial charge in [0.1, 0.15) is 0 Å². The van der Waals surface area contributed by atoms with Crippen molar-refractivity contribution < 1.29 is 9.90 Å². The van der Waals surface area contributed by atoms with Crippen LogP contribution in [0.1, 0.15) is 37.4 Å². The Morgan fingerprint density at radius 2 is 2.29 bits per heavy atom. The average molecular weight is 193 g/mol. The Bertz CT molecular complexity index is 321. The molecule has 3 nitrogen and oxygen atoms in total. The number of rotatable bonds is 4. The summed E-state index contributed by atoms with van der Waals surface area (Å²) in [6.45, 7) is 4.17. The second-order valence-electron chi connectivity index (χ2n) is 3.59. The van der Waals surface area contributed by atoms with E-state index in [9.17, 15) is 4.79 Å². The molecule has 0 radical (unpaired) electrons. The van der Waals surface area contributed by atoms with Gasteiger partial charge >= 0.3 is 5.97 Å². The Balaban J connectivity index is 2.79. The Hall–Kier alpha value is -1.38. The first-order valence-electron chi connectivity index (χ1n) is 4.77. The van der Waals surface area contributed by atoms with Gasteiger partial charge in [-0.1, -0.05) is 19.9 Å². The SMILES string of the molecule is CC(C)c1cccnc1CCC(=O)O. The summed E-state index contributed by atoms with van der Waals surface area (Å²) in [4.78, 5) is 14.6. The predicted octanol–water partition coefficient (Wildman–Crippen LogP) is 2.22. The minimum absolute atomic E-state index is 0.150. The number of aliphatic carboxylic acids is 1. The van der Waals surface area contributed by atoms with E-state index in [1.807, 2.05) is 12.1 Å².